The van der Waals surface area contributed by atoms with Gasteiger partial charge >= 0.3 is 0 Å². The van der Waals surface area contributed by atoms with Gasteiger partial charge in [0.15, 0.2) is 0 Å². The molecule has 1 amide bonds. The second-order valence-corrected chi connectivity index (χ2v) is 7.56. The maximum atomic E-state index is 12.3. The number of carbonyl (C=O) groups is 1. The minimum atomic E-state index is 0.0364. The van der Waals surface area contributed by atoms with Gasteiger partial charge in [-0.3, -0.25) is 4.79 Å². The standard InChI is InChI=1S/C17H23NOS/c1-12(20-11-13-5-3-2-4-6-13)17(19)18-16-10-14-7-8-15(16)9-14/h2-6,12,14-16H,7-11H2,1H3,(H,18,19)/t12-,14+,15+,16-/m1/s1. The third kappa shape index (κ3) is 3.20. The molecule has 2 saturated carbocycles. The molecule has 4 atom stereocenters. The van der Waals surface area contributed by atoms with E-state index >= 15 is 0 Å². The molecule has 20 heavy (non-hydrogen) atoms. The first-order valence-electron chi connectivity index (χ1n) is 7.68. The highest BCUT2D eigenvalue weighted by atomic mass is 32.2. The summed E-state index contributed by atoms with van der Waals surface area (Å²) in [5.74, 6) is 2.78. The smallest absolute Gasteiger partial charge is 0.233 e. The maximum Gasteiger partial charge on any atom is 0.233 e. The molecule has 108 valence electrons. The summed E-state index contributed by atoms with van der Waals surface area (Å²) in [6.45, 7) is 2.02. The van der Waals surface area contributed by atoms with Gasteiger partial charge in [-0.2, -0.15) is 0 Å². The third-order valence-corrected chi connectivity index (χ3v) is 5.99. The Hall–Kier alpha value is -0.960. The Morgan fingerprint density at radius 1 is 1.30 bits per heavy atom. The van der Waals surface area contributed by atoms with E-state index in [9.17, 15) is 4.79 Å². The molecule has 2 bridgehead atoms. The van der Waals surface area contributed by atoms with E-state index in [2.05, 4.69) is 29.6 Å². The molecular formula is C17H23NOS. The molecule has 2 aliphatic rings. The fraction of sp³-hybridized carbons (Fsp3) is 0.588. The predicted molar refractivity (Wildman–Crippen MR) is 84.6 cm³/mol. The van der Waals surface area contributed by atoms with E-state index in [0.29, 0.717) is 6.04 Å². The van der Waals surface area contributed by atoms with Gasteiger partial charge in [0.25, 0.3) is 0 Å². The Kier molecular flexibility index (Phi) is 4.35. The number of nitrogens with one attached hydrogen (secondary N) is 1. The van der Waals surface area contributed by atoms with Crippen LogP contribution in [0.4, 0.5) is 0 Å². The number of rotatable bonds is 5. The summed E-state index contributed by atoms with van der Waals surface area (Å²) < 4.78 is 0. The molecule has 0 spiro atoms. The van der Waals surface area contributed by atoms with E-state index in [0.717, 1.165) is 17.6 Å². The number of thioether (sulfide) groups is 1. The summed E-state index contributed by atoms with van der Waals surface area (Å²) >= 11 is 1.73. The number of hydrogen-bond acceptors (Lipinski definition) is 2. The SMILES string of the molecule is C[C@@H](SCc1ccccc1)C(=O)N[C@@H]1C[C@H]2CC[C@H]1C2. The minimum absolute atomic E-state index is 0.0364. The van der Waals surface area contributed by atoms with Crippen LogP contribution in [0.2, 0.25) is 0 Å². The monoisotopic (exact) mass is 289 g/mol. The van der Waals surface area contributed by atoms with Gasteiger partial charge in [0.05, 0.1) is 5.25 Å². The van der Waals surface area contributed by atoms with Crippen LogP contribution >= 0.6 is 11.8 Å². The molecule has 0 saturated heterocycles. The van der Waals surface area contributed by atoms with E-state index in [1.54, 1.807) is 11.8 Å². The molecule has 0 unspecified atom stereocenters. The van der Waals surface area contributed by atoms with Crippen molar-refractivity contribution in [3.8, 4) is 0 Å². The lowest BCUT2D eigenvalue weighted by molar-refractivity contribution is -0.121. The zero-order valence-corrected chi connectivity index (χ0v) is 12.9. The zero-order chi connectivity index (χ0) is 13.9. The molecule has 2 aliphatic carbocycles. The number of carbonyl (C=O) groups excluding carboxylic acids is 1. The predicted octanol–water partition coefficient (Wildman–Crippen LogP) is 3.61. The van der Waals surface area contributed by atoms with Crippen LogP contribution in [-0.2, 0) is 10.5 Å². The van der Waals surface area contributed by atoms with Gasteiger partial charge in [-0.25, -0.2) is 0 Å². The zero-order valence-electron chi connectivity index (χ0n) is 12.0. The maximum absolute atomic E-state index is 12.3. The van der Waals surface area contributed by atoms with Gasteiger partial charge in [-0.05, 0) is 43.6 Å². The normalized spacial score (nSPS) is 29.4. The molecule has 1 aromatic rings. The van der Waals surface area contributed by atoms with E-state index < -0.39 is 0 Å². The second kappa shape index (κ2) is 6.21. The average molecular weight is 289 g/mol. The molecule has 1 N–H and O–H groups in total. The van der Waals surface area contributed by atoms with E-state index in [-0.39, 0.29) is 11.2 Å². The van der Waals surface area contributed by atoms with Crippen LogP contribution in [0.25, 0.3) is 0 Å². The lowest BCUT2D eigenvalue weighted by Crippen LogP contribution is -2.42. The quantitative estimate of drug-likeness (QED) is 0.897. The molecule has 3 rings (SSSR count). The van der Waals surface area contributed by atoms with Crippen LogP contribution in [0.3, 0.4) is 0 Å². The lowest BCUT2D eigenvalue weighted by Gasteiger charge is -2.24. The van der Waals surface area contributed by atoms with Gasteiger partial charge in [-0.1, -0.05) is 36.8 Å². The molecular weight excluding hydrogens is 266 g/mol. The minimum Gasteiger partial charge on any atom is -0.352 e. The fourth-order valence-corrected chi connectivity index (χ4v) is 4.45. The molecule has 0 aromatic heterocycles. The molecule has 0 aliphatic heterocycles. The van der Waals surface area contributed by atoms with Crippen LogP contribution in [0, 0.1) is 11.8 Å². The highest BCUT2D eigenvalue weighted by Crippen LogP contribution is 2.44. The van der Waals surface area contributed by atoms with Gasteiger partial charge in [0.2, 0.25) is 5.91 Å². The highest BCUT2D eigenvalue weighted by Gasteiger charge is 2.40. The number of benzene rings is 1. The first-order chi connectivity index (χ1) is 9.72. The van der Waals surface area contributed by atoms with Crippen molar-refractivity contribution in [3.63, 3.8) is 0 Å². The van der Waals surface area contributed by atoms with Crippen molar-refractivity contribution in [2.45, 2.75) is 49.7 Å². The Morgan fingerprint density at radius 2 is 2.10 bits per heavy atom. The van der Waals surface area contributed by atoms with Crippen LogP contribution in [0.15, 0.2) is 30.3 Å². The Labute approximate surface area is 125 Å². The molecule has 1 aromatic carbocycles. The first kappa shape index (κ1) is 14.0. The Morgan fingerprint density at radius 3 is 2.75 bits per heavy atom. The van der Waals surface area contributed by atoms with Gasteiger partial charge in [0.1, 0.15) is 0 Å². The van der Waals surface area contributed by atoms with E-state index in [1.165, 1.54) is 31.2 Å². The van der Waals surface area contributed by atoms with Crippen molar-refractivity contribution in [3.05, 3.63) is 35.9 Å². The summed E-state index contributed by atoms with van der Waals surface area (Å²) in [7, 11) is 0. The fourth-order valence-electron chi connectivity index (χ4n) is 3.59. The van der Waals surface area contributed by atoms with Crippen molar-refractivity contribution >= 4 is 17.7 Å². The third-order valence-electron chi connectivity index (χ3n) is 4.78. The molecule has 2 fully saturated rings. The highest BCUT2D eigenvalue weighted by molar-refractivity contribution is 7.99. The molecule has 0 heterocycles. The van der Waals surface area contributed by atoms with Crippen LogP contribution < -0.4 is 5.32 Å². The largest absolute Gasteiger partial charge is 0.352 e. The number of fused-ring (bicyclic) bond motifs is 2. The second-order valence-electron chi connectivity index (χ2n) is 6.23. The van der Waals surface area contributed by atoms with Crippen molar-refractivity contribution in [1.29, 1.82) is 0 Å². The first-order valence-corrected chi connectivity index (χ1v) is 8.73. The van der Waals surface area contributed by atoms with Gasteiger partial charge in [0, 0.05) is 11.8 Å². The van der Waals surface area contributed by atoms with Crippen molar-refractivity contribution in [2.75, 3.05) is 0 Å². The van der Waals surface area contributed by atoms with Crippen molar-refractivity contribution in [2.24, 2.45) is 11.8 Å². The Bertz CT molecular complexity index is 461. The number of hydrogen-bond donors (Lipinski definition) is 1. The van der Waals surface area contributed by atoms with Crippen molar-refractivity contribution in [1.82, 2.24) is 5.32 Å². The lowest BCUT2D eigenvalue weighted by atomic mass is 9.95. The van der Waals surface area contributed by atoms with Crippen LogP contribution in [0.1, 0.15) is 38.2 Å². The van der Waals surface area contributed by atoms with E-state index in [4.69, 9.17) is 0 Å². The van der Waals surface area contributed by atoms with Gasteiger partial charge in [-0.15, -0.1) is 11.8 Å². The molecule has 0 radical (unpaired) electrons. The summed E-state index contributed by atoms with van der Waals surface area (Å²) in [6, 6.07) is 10.8. The van der Waals surface area contributed by atoms with Gasteiger partial charge < -0.3 is 5.32 Å². The number of amides is 1. The molecule has 2 nitrogen and oxygen atoms in total. The van der Waals surface area contributed by atoms with Crippen molar-refractivity contribution < 1.29 is 4.79 Å². The van der Waals surface area contributed by atoms with Crippen LogP contribution in [-0.4, -0.2) is 17.2 Å². The summed E-state index contributed by atoms with van der Waals surface area (Å²) in [6.07, 6.45) is 5.26. The van der Waals surface area contributed by atoms with Crippen LogP contribution in [0.5, 0.6) is 0 Å². The topological polar surface area (TPSA) is 29.1 Å². The summed E-state index contributed by atoms with van der Waals surface area (Å²) in [5.41, 5.74) is 1.29. The average Bonchev–Trinajstić information content (AvgIpc) is 3.08. The Balaban J connectivity index is 1.45. The molecule has 3 heteroatoms. The van der Waals surface area contributed by atoms with E-state index in [1.807, 2.05) is 13.0 Å². The summed E-state index contributed by atoms with van der Waals surface area (Å²) in [4.78, 5) is 12.3. The summed E-state index contributed by atoms with van der Waals surface area (Å²) in [5, 5.41) is 3.32.